The molecule has 4 N–H and O–H groups in total. The number of H-pyrrole nitrogens is 1. The average molecular weight is 281 g/mol. The van der Waals surface area contributed by atoms with Gasteiger partial charge < -0.3 is 25.6 Å². The van der Waals surface area contributed by atoms with Gasteiger partial charge in [-0.3, -0.25) is 9.59 Å². The number of nitrogens with one attached hydrogen (secondary N) is 3. The predicted octanol–water partition coefficient (Wildman–Crippen LogP) is -1.73. The number of imidazole rings is 1. The summed E-state index contributed by atoms with van der Waals surface area (Å²) in [4.78, 5) is 42.1. The number of piperazine rings is 1. The van der Waals surface area contributed by atoms with E-state index >= 15 is 0 Å². The molecule has 9 heteroatoms. The van der Waals surface area contributed by atoms with Crippen molar-refractivity contribution in [2.45, 2.75) is 0 Å². The van der Waals surface area contributed by atoms with Gasteiger partial charge in [-0.25, -0.2) is 9.78 Å². The minimum Gasteiger partial charge on any atom is -0.477 e. The molecule has 108 valence electrons. The second-order valence-corrected chi connectivity index (χ2v) is 4.24. The molecule has 0 aliphatic carbocycles. The summed E-state index contributed by atoms with van der Waals surface area (Å²) in [5.41, 5.74) is -0.525. The maximum absolute atomic E-state index is 11.8. The Bertz CT molecular complexity index is 521. The molecule has 1 aromatic heterocycles. The lowest BCUT2D eigenvalue weighted by Gasteiger charge is -2.27. The Labute approximate surface area is 114 Å². The number of amides is 2. The van der Waals surface area contributed by atoms with Crippen molar-refractivity contribution in [2.75, 3.05) is 32.7 Å². The van der Waals surface area contributed by atoms with Crippen LogP contribution in [0.25, 0.3) is 0 Å². The standard InChI is InChI=1S/C11H15N5O4/c17-7(16-3-1-12-2-4-16)5-13-10(18)8-9(11(19)20)15-6-14-8/h6,12H,1-5H2,(H,13,18)(H,14,15)(H,19,20). The SMILES string of the molecule is O=C(NCC(=O)N1CCNCC1)c1nc[nH]c1C(=O)O. The normalized spacial score (nSPS) is 14.9. The molecular weight excluding hydrogens is 266 g/mol. The van der Waals surface area contributed by atoms with Crippen LogP contribution < -0.4 is 10.6 Å². The van der Waals surface area contributed by atoms with Crippen LogP contribution in [0.2, 0.25) is 0 Å². The number of aromatic amines is 1. The predicted molar refractivity (Wildman–Crippen MR) is 67.3 cm³/mol. The van der Waals surface area contributed by atoms with E-state index in [0.29, 0.717) is 13.1 Å². The zero-order chi connectivity index (χ0) is 14.5. The van der Waals surface area contributed by atoms with Crippen LogP contribution >= 0.6 is 0 Å². The van der Waals surface area contributed by atoms with E-state index in [1.807, 2.05) is 0 Å². The number of hydrogen-bond donors (Lipinski definition) is 4. The van der Waals surface area contributed by atoms with Crippen LogP contribution in [-0.4, -0.2) is 70.5 Å². The van der Waals surface area contributed by atoms with E-state index in [4.69, 9.17) is 5.11 Å². The lowest BCUT2D eigenvalue weighted by molar-refractivity contribution is -0.130. The minimum atomic E-state index is -1.28. The summed E-state index contributed by atoms with van der Waals surface area (Å²) >= 11 is 0. The van der Waals surface area contributed by atoms with Crippen LogP contribution in [0.1, 0.15) is 21.0 Å². The van der Waals surface area contributed by atoms with E-state index in [1.54, 1.807) is 4.90 Å². The molecule has 0 unspecified atom stereocenters. The van der Waals surface area contributed by atoms with Crippen LogP contribution in [0.15, 0.2) is 6.33 Å². The minimum absolute atomic E-state index is 0.176. The van der Waals surface area contributed by atoms with Crippen LogP contribution in [0.3, 0.4) is 0 Å². The van der Waals surface area contributed by atoms with E-state index in [2.05, 4.69) is 20.6 Å². The summed E-state index contributed by atoms with van der Waals surface area (Å²) in [5, 5.41) is 14.3. The number of nitrogens with zero attached hydrogens (tertiary/aromatic N) is 2. The zero-order valence-corrected chi connectivity index (χ0v) is 10.7. The molecule has 2 heterocycles. The molecule has 0 spiro atoms. The molecule has 20 heavy (non-hydrogen) atoms. The Morgan fingerprint density at radius 1 is 1.35 bits per heavy atom. The van der Waals surface area contributed by atoms with Gasteiger partial charge in [0.15, 0.2) is 11.4 Å². The molecule has 0 atom stereocenters. The number of hydrogen-bond acceptors (Lipinski definition) is 5. The number of aromatic carboxylic acids is 1. The van der Waals surface area contributed by atoms with Crippen LogP contribution in [0.4, 0.5) is 0 Å². The van der Waals surface area contributed by atoms with Gasteiger partial charge in [-0.2, -0.15) is 0 Å². The third-order valence-corrected chi connectivity index (χ3v) is 2.94. The van der Waals surface area contributed by atoms with Gasteiger partial charge in [0.25, 0.3) is 5.91 Å². The molecule has 0 aromatic carbocycles. The molecule has 9 nitrogen and oxygen atoms in total. The molecule has 1 saturated heterocycles. The molecule has 1 aliphatic heterocycles. The topological polar surface area (TPSA) is 127 Å². The molecule has 0 radical (unpaired) electrons. The number of carbonyl (C=O) groups excluding carboxylic acids is 2. The highest BCUT2D eigenvalue weighted by Gasteiger charge is 2.21. The molecule has 1 aliphatic rings. The number of carboxylic acid groups (broad SMARTS) is 1. The zero-order valence-electron chi connectivity index (χ0n) is 10.7. The van der Waals surface area contributed by atoms with E-state index in [0.717, 1.165) is 19.4 Å². The Morgan fingerprint density at radius 2 is 2.05 bits per heavy atom. The Morgan fingerprint density at radius 3 is 2.70 bits per heavy atom. The van der Waals surface area contributed by atoms with Gasteiger partial charge in [-0.1, -0.05) is 0 Å². The summed E-state index contributed by atoms with van der Waals surface area (Å²) < 4.78 is 0. The highest BCUT2D eigenvalue weighted by Crippen LogP contribution is 2.02. The lowest BCUT2D eigenvalue weighted by Crippen LogP contribution is -2.49. The molecule has 0 saturated carbocycles. The van der Waals surface area contributed by atoms with Crippen LogP contribution in [-0.2, 0) is 4.79 Å². The van der Waals surface area contributed by atoms with Crippen molar-refractivity contribution in [3.05, 3.63) is 17.7 Å². The maximum atomic E-state index is 11.8. The third-order valence-electron chi connectivity index (χ3n) is 2.94. The Hall–Kier alpha value is -2.42. The summed E-state index contributed by atoms with van der Waals surface area (Å²) in [6.07, 6.45) is 1.12. The van der Waals surface area contributed by atoms with E-state index in [9.17, 15) is 14.4 Å². The van der Waals surface area contributed by atoms with Crippen molar-refractivity contribution in [3.63, 3.8) is 0 Å². The van der Waals surface area contributed by atoms with Crippen LogP contribution in [0.5, 0.6) is 0 Å². The molecule has 2 amide bonds. The monoisotopic (exact) mass is 281 g/mol. The van der Waals surface area contributed by atoms with Gasteiger partial charge in [0.1, 0.15) is 0 Å². The molecular formula is C11H15N5O4. The first-order valence-corrected chi connectivity index (χ1v) is 6.13. The summed E-state index contributed by atoms with van der Waals surface area (Å²) in [6.45, 7) is 2.46. The number of carboxylic acids is 1. The quantitative estimate of drug-likeness (QED) is 0.519. The number of rotatable bonds is 4. The van der Waals surface area contributed by atoms with E-state index in [-0.39, 0.29) is 23.8 Å². The highest BCUT2D eigenvalue weighted by atomic mass is 16.4. The van der Waals surface area contributed by atoms with Crippen molar-refractivity contribution < 1.29 is 19.5 Å². The fraction of sp³-hybridized carbons (Fsp3) is 0.455. The van der Waals surface area contributed by atoms with Gasteiger partial charge in [0.2, 0.25) is 5.91 Å². The van der Waals surface area contributed by atoms with Gasteiger partial charge in [0, 0.05) is 26.2 Å². The largest absolute Gasteiger partial charge is 0.477 e. The average Bonchev–Trinajstić information content (AvgIpc) is 2.95. The smallest absolute Gasteiger partial charge is 0.354 e. The molecule has 1 aromatic rings. The second-order valence-electron chi connectivity index (χ2n) is 4.24. The van der Waals surface area contributed by atoms with Crippen LogP contribution in [0, 0.1) is 0 Å². The Kier molecular flexibility index (Phi) is 4.31. The highest BCUT2D eigenvalue weighted by molar-refractivity contribution is 6.03. The van der Waals surface area contributed by atoms with Crippen molar-refractivity contribution in [3.8, 4) is 0 Å². The first kappa shape index (κ1) is 14.0. The van der Waals surface area contributed by atoms with Crippen molar-refractivity contribution in [2.24, 2.45) is 0 Å². The molecule has 0 bridgehead atoms. The maximum Gasteiger partial charge on any atom is 0.354 e. The molecule has 2 rings (SSSR count). The van der Waals surface area contributed by atoms with Gasteiger partial charge in [-0.05, 0) is 0 Å². The molecule has 1 fully saturated rings. The fourth-order valence-electron chi connectivity index (χ4n) is 1.90. The third kappa shape index (κ3) is 3.12. The van der Waals surface area contributed by atoms with Crippen molar-refractivity contribution in [1.29, 1.82) is 0 Å². The van der Waals surface area contributed by atoms with Crippen molar-refractivity contribution in [1.82, 2.24) is 25.5 Å². The number of aromatic nitrogens is 2. The first-order valence-electron chi connectivity index (χ1n) is 6.13. The van der Waals surface area contributed by atoms with Gasteiger partial charge >= 0.3 is 5.97 Å². The summed E-state index contributed by atoms with van der Waals surface area (Å²) in [6, 6.07) is 0. The summed E-state index contributed by atoms with van der Waals surface area (Å²) in [5.74, 6) is -2.17. The summed E-state index contributed by atoms with van der Waals surface area (Å²) in [7, 11) is 0. The van der Waals surface area contributed by atoms with E-state index < -0.39 is 11.9 Å². The first-order chi connectivity index (χ1) is 9.59. The lowest BCUT2D eigenvalue weighted by atomic mass is 10.3. The van der Waals surface area contributed by atoms with Gasteiger partial charge in [-0.15, -0.1) is 0 Å². The van der Waals surface area contributed by atoms with Gasteiger partial charge in [0.05, 0.1) is 12.9 Å². The Balaban J connectivity index is 1.90. The fourth-order valence-corrected chi connectivity index (χ4v) is 1.90. The van der Waals surface area contributed by atoms with Crippen molar-refractivity contribution >= 4 is 17.8 Å². The second kappa shape index (κ2) is 6.15. The van der Waals surface area contributed by atoms with E-state index in [1.165, 1.54) is 0 Å². The number of carbonyl (C=O) groups is 3.